The van der Waals surface area contributed by atoms with Crippen molar-refractivity contribution in [3.8, 4) is 5.75 Å². The average Bonchev–Trinajstić information content (AvgIpc) is 3.55. The van der Waals surface area contributed by atoms with Gasteiger partial charge in [0.05, 0.1) is 25.1 Å². The van der Waals surface area contributed by atoms with E-state index < -0.39 is 12.0 Å². The van der Waals surface area contributed by atoms with Gasteiger partial charge in [0.15, 0.2) is 5.82 Å². The number of Topliss-reactive ketones (excluding diaryl/α,β-unsaturated/α-hetero) is 1. The van der Waals surface area contributed by atoms with Crippen LogP contribution < -0.4 is 4.74 Å². The molecule has 33 heavy (non-hydrogen) atoms. The fourth-order valence-corrected chi connectivity index (χ4v) is 5.21. The Balaban J connectivity index is 1.67. The number of ether oxygens (including phenoxy) is 1. The molecule has 2 aliphatic rings. The second-order valence-corrected chi connectivity index (χ2v) is 8.87. The first kappa shape index (κ1) is 21.4. The number of hydrogen-bond donors (Lipinski definition) is 0. The summed E-state index contributed by atoms with van der Waals surface area (Å²) in [5.74, 6) is 0.665. The summed E-state index contributed by atoms with van der Waals surface area (Å²) in [6.07, 6.45) is 3.96. The topological polar surface area (TPSA) is 67.7 Å². The first-order valence-electron chi connectivity index (χ1n) is 11.4. The van der Waals surface area contributed by atoms with Crippen LogP contribution >= 0.6 is 0 Å². The van der Waals surface area contributed by atoms with Gasteiger partial charge in [0.2, 0.25) is 11.7 Å². The van der Waals surface area contributed by atoms with Crippen LogP contribution in [0.1, 0.15) is 60.1 Å². The Labute approximate surface area is 193 Å². The number of hydrazine groups is 1. The second kappa shape index (κ2) is 8.48. The lowest BCUT2D eigenvalue weighted by Gasteiger charge is -2.27. The molecule has 0 unspecified atom stereocenters. The Hall–Kier alpha value is -3.45. The monoisotopic (exact) mass is 444 g/mol. The molecule has 2 saturated heterocycles. The minimum Gasteiger partial charge on any atom is -0.497 e. The molecule has 1 aromatic heterocycles. The number of carbonyl (C=O) groups is 2. The van der Waals surface area contributed by atoms with Crippen molar-refractivity contribution >= 4 is 11.7 Å². The predicted molar refractivity (Wildman–Crippen MR) is 124 cm³/mol. The van der Waals surface area contributed by atoms with Crippen LogP contribution in [0.5, 0.6) is 5.75 Å². The van der Waals surface area contributed by atoms with Crippen molar-refractivity contribution < 1.29 is 14.3 Å². The molecule has 2 aromatic carbocycles. The Morgan fingerprint density at radius 2 is 1.73 bits per heavy atom. The molecule has 0 radical (unpaired) electrons. The Morgan fingerprint density at radius 1 is 1.03 bits per heavy atom. The third-order valence-corrected chi connectivity index (χ3v) is 6.70. The number of carbonyl (C=O) groups excluding carboxylic acids is 2. The fraction of sp³-hybridized carbons (Fsp3) is 0.346. The molecule has 3 atom stereocenters. The molecule has 2 aliphatic heterocycles. The SMILES string of the molecule is COc1ccc([C@H]2[C@H](C(=O)c3nccn3C(C)C)[C@H](c3ccccc3)N3CCC(=O)N23)cc1. The minimum absolute atomic E-state index is 0.0410. The summed E-state index contributed by atoms with van der Waals surface area (Å²) in [6.45, 7) is 4.66. The molecule has 0 bridgehead atoms. The van der Waals surface area contributed by atoms with Crippen molar-refractivity contribution in [2.45, 2.75) is 38.4 Å². The number of hydrogen-bond acceptors (Lipinski definition) is 5. The van der Waals surface area contributed by atoms with Gasteiger partial charge in [-0.15, -0.1) is 0 Å². The lowest BCUT2D eigenvalue weighted by atomic mass is 9.81. The van der Waals surface area contributed by atoms with Crippen LogP contribution in [-0.4, -0.2) is 44.9 Å². The normalized spacial score (nSPS) is 22.7. The van der Waals surface area contributed by atoms with Gasteiger partial charge < -0.3 is 9.30 Å². The maximum atomic E-state index is 14.2. The molecule has 0 spiro atoms. The van der Waals surface area contributed by atoms with Gasteiger partial charge in [0.1, 0.15) is 5.75 Å². The highest BCUT2D eigenvalue weighted by atomic mass is 16.5. The van der Waals surface area contributed by atoms with Crippen molar-refractivity contribution in [2.24, 2.45) is 5.92 Å². The lowest BCUT2D eigenvalue weighted by molar-refractivity contribution is -0.138. The number of rotatable bonds is 6. The van der Waals surface area contributed by atoms with Crippen LogP contribution in [0.15, 0.2) is 67.0 Å². The van der Waals surface area contributed by atoms with E-state index >= 15 is 0 Å². The molecule has 5 rings (SSSR count). The second-order valence-electron chi connectivity index (χ2n) is 8.87. The Bertz CT molecular complexity index is 1160. The molecule has 3 aromatic rings. The molecule has 7 nitrogen and oxygen atoms in total. The van der Waals surface area contributed by atoms with Crippen LogP contribution in [0.3, 0.4) is 0 Å². The summed E-state index contributed by atoms with van der Waals surface area (Å²) in [6, 6.07) is 17.1. The maximum absolute atomic E-state index is 14.2. The molecular weight excluding hydrogens is 416 g/mol. The summed E-state index contributed by atoms with van der Waals surface area (Å²) in [7, 11) is 1.62. The predicted octanol–water partition coefficient (Wildman–Crippen LogP) is 4.22. The van der Waals surface area contributed by atoms with Gasteiger partial charge >= 0.3 is 0 Å². The van der Waals surface area contributed by atoms with E-state index in [1.54, 1.807) is 13.3 Å². The number of amides is 1. The average molecular weight is 445 g/mol. The summed E-state index contributed by atoms with van der Waals surface area (Å²) < 4.78 is 7.25. The summed E-state index contributed by atoms with van der Waals surface area (Å²) in [5, 5.41) is 3.89. The van der Waals surface area contributed by atoms with Gasteiger partial charge in [-0.2, -0.15) is 0 Å². The Kier molecular flexibility index (Phi) is 5.50. The smallest absolute Gasteiger partial charge is 0.238 e. The van der Waals surface area contributed by atoms with Crippen LogP contribution in [0.2, 0.25) is 0 Å². The van der Waals surface area contributed by atoms with Gasteiger partial charge in [-0.05, 0) is 37.1 Å². The van der Waals surface area contributed by atoms with Crippen molar-refractivity contribution in [3.05, 3.63) is 83.9 Å². The highest BCUT2D eigenvalue weighted by molar-refractivity contribution is 5.97. The van der Waals surface area contributed by atoms with E-state index in [0.717, 1.165) is 16.9 Å². The molecule has 1 amide bonds. The van der Waals surface area contributed by atoms with Crippen LogP contribution in [0.25, 0.3) is 0 Å². The number of aromatic nitrogens is 2. The van der Waals surface area contributed by atoms with Crippen molar-refractivity contribution in [2.75, 3.05) is 13.7 Å². The van der Waals surface area contributed by atoms with Crippen LogP contribution in [0.4, 0.5) is 0 Å². The molecule has 3 heterocycles. The highest BCUT2D eigenvalue weighted by Gasteiger charge is 2.56. The summed E-state index contributed by atoms with van der Waals surface area (Å²) in [5.41, 5.74) is 1.93. The lowest BCUT2D eigenvalue weighted by Crippen LogP contribution is -2.35. The summed E-state index contributed by atoms with van der Waals surface area (Å²) >= 11 is 0. The number of nitrogens with zero attached hydrogens (tertiary/aromatic N) is 4. The first-order chi connectivity index (χ1) is 16.0. The van der Waals surface area contributed by atoms with Gasteiger partial charge in [0, 0.05) is 31.4 Å². The molecule has 7 heteroatoms. The number of ketones is 1. The van der Waals surface area contributed by atoms with Crippen molar-refractivity contribution in [1.82, 2.24) is 19.6 Å². The highest BCUT2D eigenvalue weighted by Crippen LogP contribution is 2.52. The van der Waals surface area contributed by atoms with Crippen LogP contribution in [0, 0.1) is 5.92 Å². The van der Waals surface area contributed by atoms with Crippen LogP contribution in [-0.2, 0) is 4.79 Å². The minimum atomic E-state index is -0.495. The Morgan fingerprint density at radius 3 is 2.39 bits per heavy atom. The maximum Gasteiger partial charge on any atom is 0.238 e. The zero-order chi connectivity index (χ0) is 23.1. The van der Waals surface area contributed by atoms with Crippen molar-refractivity contribution in [1.29, 1.82) is 0 Å². The quantitative estimate of drug-likeness (QED) is 0.533. The third-order valence-electron chi connectivity index (χ3n) is 6.70. The van der Waals surface area contributed by atoms with E-state index in [9.17, 15) is 9.59 Å². The zero-order valence-electron chi connectivity index (χ0n) is 19.1. The fourth-order valence-electron chi connectivity index (χ4n) is 5.21. The number of benzene rings is 2. The van der Waals surface area contributed by atoms with E-state index in [2.05, 4.69) is 9.99 Å². The zero-order valence-corrected chi connectivity index (χ0v) is 19.1. The largest absolute Gasteiger partial charge is 0.497 e. The van der Waals surface area contributed by atoms with Crippen molar-refractivity contribution in [3.63, 3.8) is 0 Å². The van der Waals surface area contributed by atoms with Gasteiger partial charge in [0.25, 0.3) is 0 Å². The van der Waals surface area contributed by atoms with E-state index in [1.807, 2.05) is 84.2 Å². The van der Waals surface area contributed by atoms with E-state index in [1.165, 1.54) is 0 Å². The molecule has 0 aliphatic carbocycles. The third kappa shape index (κ3) is 3.53. The number of imidazole rings is 1. The van der Waals surface area contributed by atoms with E-state index in [0.29, 0.717) is 18.8 Å². The molecule has 2 fully saturated rings. The van der Waals surface area contributed by atoms with E-state index in [4.69, 9.17) is 4.74 Å². The molecule has 0 saturated carbocycles. The molecular formula is C26H28N4O3. The molecule has 0 N–H and O–H groups in total. The first-order valence-corrected chi connectivity index (χ1v) is 11.4. The molecule has 170 valence electrons. The van der Waals surface area contributed by atoms with Gasteiger partial charge in [-0.1, -0.05) is 42.5 Å². The standard InChI is InChI=1S/C26H28N4O3/c1-17(2)28-16-14-27-26(28)25(32)22-23(18-7-5-4-6-8-18)29-15-13-21(31)30(29)24(22)19-9-11-20(33-3)12-10-19/h4-12,14,16-17,22-24H,13,15H2,1-3H3/t22-,23+,24+/m1/s1. The number of fused-ring (bicyclic) bond motifs is 1. The van der Waals surface area contributed by atoms with Gasteiger partial charge in [-0.3, -0.25) is 14.6 Å². The summed E-state index contributed by atoms with van der Waals surface area (Å²) in [4.78, 5) is 31.7. The van der Waals surface area contributed by atoms with E-state index in [-0.39, 0.29) is 23.8 Å². The number of methoxy groups -OCH3 is 1. The van der Waals surface area contributed by atoms with Gasteiger partial charge in [-0.25, -0.2) is 9.99 Å².